The molecule has 0 unspecified atom stereocenters. The maximum Gasteiger partial charge on any atom is 0.345 e. The van der Waals surface area contributed by atoms with Gasteiger partial charge < -0.3 is 9.47 Å². The summed E-state index contributed by atoms with van der Waals surface area (Å²) in [6, 6.07) is 11.3. The van der Waals surface area contributed by atoms with Crippen LogP contribution in [-0.2, 0) is 4.79 Å². The normalized spacial score (nSPS) is 15.1. The van der Waals surface area contributed by atoms with Gasteiger partial charge in [0.15, 0.2) is 11.5 Å². The number of nitrogens with one attached hydrogen (secondary N) is 1. The minimum absolute atomic E-state index is 0.208. The highest BCUT2D eigenvalue weighted by Gasteiger charge is 2.25. The van der Waals surface area contributed by atoms with Crippen LogP contribution in [-0.4, -0.2) is 24.2 Å². The highest BCUT2D eigenvalue weighted by molar-refractivity contribution is 8.18. The first-order valence-corrected chi connectivity index (χ1v) is 8.57. The van der Waals surface area contributed by atoms with E-state index in [0.29, 0.717) is 11.3 Å². The molecule has 132 valence electrons. The fourth-order valence-electron chi connectivity index (χ4n) is 2.21. The number of hydrogen-bond acceptors (Lipinski definition) is 6. The van der Waals surface area contributed by atoms with E-state index in [9.17, 15) is 14.4 Å². The second kappa shape index (κ2) is 7.63. The van der Waals surface area contributed by atoms with Crippen LogP contribution in [0.3, 0.4) is 0 Å². The smallest absolute Gasteiger partial charge is 0.345 e. The second-order valence-electron chi connectivity index (χ2n) is 5.13. The van der Waals surface area contributed by atoms with Crippen molar-refractivity contribution < 1.29 is 23.9 Å². The van der Waals surface area contributed by atoms with E-state index in [1.807, 2.05) is 0 Å². The summed E-state index contributed by atoms with van der Waals surface area (Å²) in [5, 5.41) is 2.05. The molecule has 2 amide bonds. The van der Waals surface area contributed by atoms with Gasteiger partial charge in [0, 0.05) is 0 Å². The third-order valence-corrected chi connectivity index (χ3v) is 4.56. The Labute approximate surface area is 158 Å². The predicted octanol–water partition coefficient (Wildman–Crippen LogP) is 3.89. The fourth-order valence-corrected chi connectivity index (χ4v) is 3.11. The molecule has 0 spiro atoms. The number of benzene rings is 2. The first kappa shape index (κ1) is 18.0. The molecule has 1 saturated heterocycles. The van der Waals surface area contributed by atoms with Gasteiger partial charge in [-0.3, -0.25) is 14.9 Å². The zero-order chi connectivity index (χ0) is 18.7. The largest absolute Gasteiger partial charge is 0.493 e. The molecule has 0 aliphatic carbocycles. The summed E-state index contributed by atoms with van der Waals surface area (Å²) >= 11 is 6.81. The number of methoxy groups -OCH3 is 1. The molecule has 1 N–H and O–H groups in total. The van der Waals surface area contributed by atoms with E-state index in [4.69, 9.17) is 21.1 Å². The van der Waals surface area contributed by atoms with Gasteiger partial charge in [0.2, 0.25) is 0 Å². The van der Waals surface area contributed by atoms with Gasteiger partial charge in [-0.2, -0.15) is 0 Å². The zero-order valence-electron chi connectivity index (χ0n) is 13.4. The van der Waals surface area contributed by atoms with Crippen molar-refractivity contribution >= 4 is 46.6 Å². The Morgan fingerprint density at radius 3 is 2.58 bits per heavy atom. The summed E-state index contributed by atoms with van der Waals surface area (Å²) in [6.45, 7) is 0. The average Bonchev–Trinajstić information content (AvgIpc) is 2.93. The van der Waals surface area contributed by atoms with Gasteiger partial charge in [-0.05, 0) is 47.7 Å². The lowest BCUT2D eigenvalue weighted by atomic mass is 10.2. The SMILES string of the molecule is COc1cc(/C=C2\SC(=O)NC2=O)ccc1OC(=O)c1ccccc1Cl. The molecule has 26 heavy (non-hydrogen) atoms. The number of hydrogen-bond donors (Lipinski definition) is 1. The Morgan fingerprint density at radius 2 is 1.92 bits per heavy atom. The number of esters is 1. The Bertz CT molecular complexity index is 941. The summed E-state index contributed by atoms with van der Waals surface area (Å²) in [4.78, 5) is 35.4. The van der Waals surface area contributed by atoms with E-state index in [1.54, 1.807) is 48.5 Å². The molecule has 0 atom stereocenters. The molecule has 8 heteroatoms. The third kappa shape index (κ3) is 3.89. The number of carbonyl (C=O) groups excluding carboxylic acids is 3. The van der Waals surface area contributed by atoms with Crippen molar-refractivity contribution in [3.05, 3.63) is 63.5 Å². The number of thioether (sulfide) groups is 1. The van der Waals surface area contributed by atoms with Gasteiger partial charge in [-0.25, -0.2) is 4.79 Å². The van der Waals surface area contributed by atoms with Crippen LogP contribution in [0.15, 0.2) is 47.4 Å². The molecule has 0 saturated carbocycles. The molecule has 0 aromatic heterocycles. The number of amides is 2. The lowest BCUT2D eigenvalue weighted by molar-refractivity contribution is -0.115. The van der Waals surface area contributed by atoms with Crippen LogP contribution in [0.2, 0.25) is 5.02 Å². The molecular weight excluding hydrogens is 378 g/mol. The van der Waals surface area contributed by atoms with Crippen molar-refractivity contribution in [1.82, 2.24) is 5.32 Å². The molecule has 0 radical (unpaired) electrons. The second-order valence-corrected chi connectivity index (χ2v) is 6.55. The number of rotatable bonds is 4. The molecule has 1 aliphatic heterocycles. The maximum atomic E-state index is 12.3. The molecule has 0 bridgehead atoms. The molecule has 1 heterocycles. The first-order valence-electron chi connectivity index (χ1n) is 7.37. The van der Waals surface area contributed by atoms with Gasteiger partial charge in [-0.1, -0.05) is 29.8 Å². The number of ether oxygens (including phenoxy) is 2. The van der Waals surface area contributed by atoms with Gasteiger partial charge in [0.25, 0.3) is 11.1 Å². The minimum Gasteiger partial charge on any atom is -0.493 e. The van der Waals surface area contributed by atoms with Crippen LogP contribution in [0.5, 0.6) is 11.5 Å². The Hall–Kier alpha value is -2.77. The van der Waals surface area contributed by atoms with Crippen molar-refractivity contribution in [2.75, 3.05) is 7.11 Å². The molecule has 1 aliphatic rings. The van der Waals surface area contributed by atoms with Crippen LogP contribution >= 0.6 is 23.4 Å². The fraction of sp³-hybridized carbons (Fsp3) is 0.0556. The summed E-state index contributed by atoms with van der Waals surface area (Å²) in [6.07, 6.45) is 1.55. The van der Waals surface area contributed by atoms with Crippen LogP contribution in [0, 0.1) is 0 Å². The van der Waals surface area contributed by atoms with E-state index in [-0.39, 0.29) is 21.2 Å². The zero-order valence-corrected chi connectivity index (χ0v) is 15.0. The highest BCUT2D eigenvalue weighted by Crippen LogP contribution is 2.32. The number of halogens is 1. The summed E-state index contributed by atoms with van der Waals surface area (Å²) in [7, 11) is 1.43. The van der Waals surface area contributed by atoms with Gasteiger partial charge in [-0.15, -0.1) is 0 Å². The Morgan fingerprint density at radius 1 is 1.15 bits per heavy atom. The van der Waals surface area contributed by atoms with Gasteiger partial charge in [0.05, 0.1) is 22.6 Å². The van der Waals surface area contributed by atoms with Gasteiger partial charge in [0.1, 0.15) is 0 Å². The van der Waals surface area contributed by atoms with Crippen LogP contribution in [0.25, 0.3) is 6.08 Å². The number of imide groups is 1. The Kier molecular flexibility index (Phi) is 5.29. The molecule has 2 aromatic rings. The predicted molar refractivity (Wildman–Crippen MR) is 98.5 cm³/mol. The van der Waals surface area contributed by atoms with E-state index in [2.05, 4.69) is 5.32 Å². The first-order chi connectivity index (χ1) is 12.5. The molecule has 2 aromatic carbocycles. The molecule has 3 rings (SSSR count). The van der Waals surface area contributed by atoms with Crippen molar-refractivity contribution in [1.29, 1.82) is 0 Å². The summed E-state index contributed by atoms with van der Waals surface area (Å²) in [5.41, 5.74) is 0.853. The quantitative estimate of drug-likeness (QED) is 0.485. The van der Waals surface area contributed by atoms with Crippen molar-refractivity contribution in [3.8, 4) is 11.5 Å². The monoisotopic (exact) mass is 389 g/mol. The lowest BCUT2D eigenvalue weighted by Gasteiger charge is -2.10. The van der Waals surface area contributed by atoms with E-state index in [1.165, 1.54) is 7.11 Å². The standard InChI is InChI=1S/C18H12ClNO5S/c1-24-14-8-10(9-15-16(21)20-18(23)26-15)6-7-13(14)25-17(22)11-4-2-3-5-12(11)19/h2-9H,1H3,(H,20,21,23)/b15-9-. The summed E-state index contributed by atoms with van der Waals surface area (Å²) in [5.74, 6) is -0.557. The molecule has 1 fully saturated rings. The maximum absolute atomic E-state index is 12.3. The Balaban J connectivity index is 1.85. The van der Waals surface area contributed by atoms with Crippen LogP contribution in [0.4, 0.5) is 4.79 Å². The van der Waals surface area contributed by atoms with E-state index >= 15 is 0 Å². The van der Waals surface area contributed by atoms with Gasteiger partial charge >= 0.3 is 5.97 Å². The lowest BCUT2D eigenvalue weighted by Crippen LogP contribution is -2.17. The van der Waals surface area contributed by atoms with Crippen molar-refractivity contribution in [2.45, 2.75) is 0 Å². The van der Waals surface area contributed by atoms with Crippen molar-refractivity contribution in [3.63, 3.8) is 0 Å². The van der Waals surface area contributed by atoms with Crippen molar-refractivity contribution in [2.24, 2.45) is 0 Å². The minimum atomic E-state index is -0.615. The average molecular weight is 390 g/mol. The molecular formula is C18H12ClNO5S. The topological polar surface area (TPSA) is 81.7 Å². The van der Waals surface area contributed by atoms with Crippen LogP contribution < -0.4 is 14.8 Å². The van der Waals surface area contributed by atoms with Crippen LogP contribution in [0.1, 0.15) is 15.9 Å². The van der Waals surface area contributed by atoms with E-state index < -0.39 is 17.1 Å². The number of carbonyl (C=O) groups is 3. The van der Waals surface area contributed by atoms with E-state index in [0.717, 1.165) is 11.8 Å². The summed E-state index contributed by atoms with van der Waals surface area (Å²) < 4.78 is 10.6. The third-order valence-electron chi connectivity index (χ3n) is 3.42. The highest BCUT2D eigenvalue weighted by atomic mass is 35.5. The molecule has 6 nitrogen and oxygen atoms in total.